The van der Waals surface area contributed by atoms with E-state index in [0.717, 1.165) is 28.7 Å². The maximum absolute atomic E-state index is 13.5. The van der Waals surface area contributed by atoms with Crippen molar-refractivity contribution < 1.29 is 18.7 Å². The molecular formula is C29H33FN2O3. The van der Waals surface area contributed by atoms with Crippen molar-refractivity contribution in [1.29, 1.82) is 0 Å². The number of rotatable bonds is 11. The highest BCUT2D eigenvalue weighted by molar-refractivity contribution is 5.88. The van der Waals surface area contributed by atoms with Crippen molar-refractivity contribution in [3.8, 4) is 5.75 Å². The van der Waals surface area contributed by atoms with Gasteiger partial charge in [-0.25, -0.2) is 4.39 Å². The zero-order valence-electron chi connectivity index (χ0n) is 20.6. The maximum atomic E-state index is 13.5. The monoisotopic (exact) mass is 476 g/mol. The molecule has 2 amide bonds. The second-order valence-corrected chi connectivity index (χ2v) is 8.76. The van der Waals surface area contributed by atoms with Crippen molar-refractivity contribution in [2.75, 3.05) is 13.2 Å². The molecule has 0 spiro atoms. The molecule has 0 heterocycles. The molecule has 3 aromatic rings. The summed E-state index contributed by atoms with van der Waals surface area (Å²) in [6, 6.07) is 20.6. The molecule has 35 heavy (non-hydrogen) atoms. The molecule has 5 nitrogen and oxygen atoms in total. The highest BCUT2D eigenvalue weighted by Crippen LogP contribution is 2.19. The van der Waals surface area contributed by atoms with Crippen LogP contribution in [0.25, 0.3) is 0 Å². The number of nitrogens with one attached hydrogen (secondary N) is 1. The van der Waals surface area contributed by atoms with Crippen LogP contribution in [0, 0.1) is 19.7 Å². The van der Waals surface area contributed by atoms with Crippen LogP contribution in [0.5, 0.6) is 5.75 Å². The van der Waals surface area contributed by atoms with Gasteiger partial charge in [0.2, 0.25) is 5.91 Å². The molecule has 3 aromatic carbocycles. The van der Waals surface area contributed by atoms with Crippen LogP contribution in [-0.4, -0.2) is 35.9 Å². The molecule has 0 saturated heterocycles. The molecule has 1 atom stereocenters. The molecule has 0 radical (unpaired) electrons. The highest BCUT2D eigenvalue weighted by Gasteiger charge is 2.30. The van der Waals surface area contributed by atoms with E-state index >= 15 is 0 Å². The number of carbonyl (C=O) groups excluding carboxylic acids is 2. The van der Waals surface area contributed by atoms with E-state index in [1.807, 2.05) is 69.3 Å². The number of nitrogens with zero attached hydrogens (tertiary/aromatic N) is 1. The van der Waals surface area contributed by atoms with Crippen LogP contribution >= 0.6 is 0 Å². The summed E-state index contributed by atoms with van der Waals surface area (Å²) in [5.41, 5.74) is 3.75. The van der Waals surface area contributed by atoms with Gasteiger partial charge < -0.3 is 15.0 Å². The van der Waals surface area contributed by atoms with Crippen molar-refractivity contribution >= 4 is 11.8 Å². The normalized spacial score (nSPS) is 11.5. The third-order valence-corrected chi connectivity index (χ3v) is 5.64. The number of amides is 2. The van der Waals surface area contributed by atoms with Crippen LogP contribution in [0.4, 0.5) is 4.39 Å². The van der Waals surface area contributed by atoms with Crippen molar-refractivity contribution in [3.05, 3.63) is 101 Å². The number of hydrogen-bond donors (Lipinski definition) is 1. The summed E-state index contributed by atoms with van der Waals surface area (Å²) in [6.07, 6.45) is 1.14. The summed E-state index contributed by atoms with van der Waals surface area (Å²) in [6.45, 7) is 6.38. The van der Waals surface area contributed by atoms with Gasteiger partial charge in [0.15, 0.2) is 6.61 Å². The summed E-state index contributed by atoms with van der Waals surface area (Å²) >= 11 is 0. The summed E-state index contributed by atoms with van der Waals surface area (Å²) in [5.74, 6) is -0.294. The standard InChI is InChI=1S/C29H33FN2O3/c1-4-14-31-29(34)27(18-23-8-6-5-7-9-23)32(19-24-10-12-25(30)13-11-24)28(33)20-35-26-16-21(2)15-22(3)17-26/h5-13,15-17,27H,4,14,18-20H2,1-3H3,(H,31,34)/t27-/m1/s1. The SMILES string of the molecule is CCCNC(=O)[C@@H](Cc1ccccc1)N(Cc1ccc(F)cc1)C(=O)COc1cc(C)cc(C)c1. The van der Waals surface area contributed by atoms with Crippen LogP contribution in [0.2, 0.25) is 0 Å². The topological polar surface area (TPSA) is 58.6 Å². The smallest absolute Gasteiger partial charge is 0.261 e. The first kappa shape index (κ1) is 25.9. The summed E-state index contributed by atoms with van der Waals surface area (Å²) in [7, 11) is 0. The van der Waals surface area contributed by atoms with Gasteiger partial charge in [0.1, 0.15) is 17.6 Å². The number of carbonyl (C=O) groups is 2. The molecule has 1 N–H and O–H groups in total. The quantitative estimate of drug-likeness (QED) is 0.424. The minimum absolute atomic E-state index is 0.159. The van der Waals surface area contributed by atoms with E-state index in [9.17, 15) is 14.0 Å². The van der Waals surface area contributed by atoms with E-state index in [4.69, 9.17) is 4.74 Å². The predicted molar refractivity (Wildman–Crippen MR) is 136 cm³/mol. The van der Waals surface area contributed by atoms with Gasteiger partial charge in [-0.05, 0) is 66.8 Å². The molecule has 0 fully saturated rings. The van der Waals surface area contributed by atoms with Gasteiger partial charge in [-0.15, -0.1) is 0 Å². The van der Waals surface area contributed by atoms with Crippen molar-refractivity contribution in [3.63, 3.8) is 0 Å². The van der Waals surface area contributed by atoms with Gasteiger partial charge in [-0.3, -0.25) is 9.59 Å². The van der Waals surface area contributed by atoms with Gasteiger partial charge in [-0.2, -0.15) is 0 Å². The minimum atomic E-state index is -0.746. The van der Waals surface area contributed by atoms with E-state index < -0.39 is 6.04 Å². The van der Waals surface area contributed by atoms with Gasteiger partial charge >= 0.3 is 0 Å². The van der Waals surface area contributed by atoms with Gasteiger partial charge in [-0.1, -0.05) is 55.5 Å². The number of ether oxygens (including phenoxy) is 1. The fraction of sp³-hybridized carbons (Fsp3) is 0.310. The van der Waals surface area contributed by atoms with Crippen molar-refractivity contribution in [1.82, 2.24) is 10.2 Å². The first-order valence-corrected chi connectivity index (χ1v) is 11.9. The molecule has 6 heteroatoms. The Bertz CT molecular complexity index is 1100. The van der Waals surface area contributed by atoms with Crippen LogP contribution in [0.15, 0.2) is 72.8 Å². The maximum Gasteiger partial charge on any atom is 0.261 e. The average Bonchev–Trinajstić information content (AvgIpc) is 2.84. The first-order valence-electron chi connectivity index (χ1n) is 11.9. The Hall–Kier alpha value is -3.67. The molecular weight excluding hydrogens is 443 g/mol. The first-order chi connectivity index (χ1) is 16.9. The van der Waals surface area contributed by atoms with Crippen LogP contribution in [-0.2, 0) is 22.6 Å². The second kappa shape index (κ2) is 12.7. The van der Waals surface area contributed by atoms with Crippen molar-refractivity contribution in [2.24, 2.45) is 0 Å². The minimum Gasteiger partial charge on any atom is -0.484 e. The zero-order chi connectivity index (χ0) is 25.2. The lowest BCUT2D eigenvalue weighted by molar-refractivity contribution is -0.142. The number of hydrogen-bond acceptors (Lipinski definition) is 3. The van der Waals surface area contributed by atoms with Crippen LogP contribution < -0.4 is 10.1 Å². The molecule has 0 unspecified atom stereocenters. The average molecular weight is 477 g/mol. The third kappa shape index (κ3) is 7.95. The lowest BCUT2D eigenvalue weighted by Gasteiger charge is -2.31. The van der Waals surface area contributed by atoms with E-state index in [1.54, 1.807) is 12.1 Å². The van der Waals surface area contributed by atoms with Crippen molar-refractivity contribution in [2.45, 2.75) is 46.2 Å². The fourth-order valence-corrected chi connectivity index (χ4v) is 3.95. The van der Waals surface area contributed by atoms with E-state index in [0.29, 0.717) is 18.7 Å². The molecule has 0 aliphatic heterocycles. The summed E-state index contributed by atoms with van der Waals surface area (Å²) in [5, 5.41) is 2.94. The Morgan fingerprint density at radius 2 is 1.60 bits per heavy atom. The Balaban J connectivity index is 1.89. The van der Waals surface area contributed by atoms with E-state index in [2.05, 4.69) is 5.32 Å². The van der Waals surface area contributed by atoms with Gasteiger partial charge in [0.25, 0.3) is 5.91 Å². The lowest BCUT2D eigenvalue weighted by atomic mass is 10.0. The molecule has 184 valence electrons. The Labute approximate surface area is 206 Å². The Morgan fingerprint density at radius 3 is 2.23 bits per heavy atom. The third-order valence-electron chi connectivity index (χ3n) is 5.64. The molecule has 0 saturated carbocycles. The Morgan fingerprint density at radius 1 is 0.943 bits per heavy atom. The van der Waals surface area contributed by atoms with E-state index in [1.165, 1.54) is 17.0 Å². The van der Waals surface area contributed by atoms with Gasteiger partial charge in [0.05, 0.1) is 0 Å². The van der Waals surface area contributed by atoms with Crippen LogP contribution in [0.1, 0.15) is 35.6 Å². The molecule has 0 aromatic heterocycles. The van der Waals surface area contributed by atoms with Crippen LogP contribution in [0.3, 0.4) is 0 Å². The summed E-state index contributed by atoms with van der Waals surface area (Å²) < 4.78 is 19.4. The molecule has 0 bridgehead atoms. The molecule has 0 aliphatic carbocycles. The molecule has 0 aliphatic rings. The number of aryl methyl sites for hydroxylation is 2. The Kier molecular flexibility index (Phi) is 9.41. The second-order valence-electron chi connectivity index (χ2n) is 8.76. The zero-order valence-corrected chi connectivity index (χ0v) is 20.6. The van der Waals surface area contributed by atoms with E-state index in [-0.39, 0.29) is 30.8 Å². The lowest BCUT2D eigenvalue weighted by Crippen LogP contribution is -2.51. The predicted octanol–water partition coefficient (Wildman–Crippen LogP) is 4.99. The highest BCUT2D eigenvalue weighted by atomic mass is 19.1. The number of benzene rings is 3. The largest absolute Gasteiger partial charge is 0.484 e. The number of halogens is 1. The van der Waals surface area contributed by atoms with Gasteiger partial charge in [0, 0.05) is 19.5 Å². The fourth-order valence-electron chi connectivity index (χ4n) is 3.95. The molecule has 3 rings (SSSR count). The summed E-state index contributed by atoms with van der Waals surface area (Å²) in [4.78, 5) is 28.3.